The molecule has 4 heterocycles. The fraction of sp³-hybridized carbons (Fsp3) is 0.400. The van der Waals surface area contributed by atoms with Crippen LogP contribution in [0.2, 0.25) is 10.2 Å². The third-order valence-corrected chi connectivity index (χ3v) is 10.1. The zero-order valence-corrected chi connectivity index (χ0v) is 29.3. The van der Waals surface area contributed by atoms with E-state index >= 15 is 0 Å². The van der Waals surface area contributed by atoms with E-state index in [-0.39, 0.29) is 53.4 Å². The SMILES string of the molecule is CCC1(C(=O)OCc2ccccc2)CC2(CCN(c3nc(Cl)cc(O[C@H](c4ccc(Cl)cc4-n4ccc(C)n4)C(F)(F)F)n3)CC2)CN1C(=O)O. The lowest BCUT2D eigenvalue weighted by molar-refractivity contribution is -0.198. The molecule has 1 unspecified atom stereocenters. The fourth-order valence-corrected chi connectivity index (χ4v) is 7.36. The number of carboxylic acid groups (broad SMARTS) is 1. The lowest BCUT2D eigenvalue weighted by Gasteiger charge is -2.39. The molecule has 2 aliphatic heterocycles. The molecule has 2 saturated heterocycles. The molecule has 51 heavy (non-hydrogen) atoms. The molecule has 2 atom stereocenters. The van der Waals surface area contributed by atoms with Crippen molar-refractivity contribution in [3.05, 3.63) is 93.9 Å². The molecule has 1 spiro atoms. The van der Waals surface area contributed by atoms with Gasteiger partial charge in [-0.15, -0.1) is 0 Å². The largest absolute Gasteiger partial charge is 0.465 e. The van der Waals surface area contributed by atoms with E-state index in [0.29, 0.717) is 31.6 Å². The summed E-state index contributed by atoms with van der Waals surface area (Å²) in [4.78, 5) is 37.6. The van der Waals surface area contributed by atoms with Crippen LogP contribution in [0.4, 0.5) is 23.9 Å². The van der Waals surface area contributed by atoms with Crippen LogP contribution in [-0.4, -0.2) is 73.2 Å². The van der Waals surface area contributed by atoms with Gasteiger partial charge in [-0.1, -0.05) is 66.5 Å². The summed E-state index contributed by atoms with van der Waals surface area (Å²) in [5, 5.41) is 14.5. The van der Waals surface area contributed by atoms with Crippen molar-refractivity contribution in [2.45, 2.75) is 64.0 Å². The number of carbonyl (C=O) groups is 2. The van der Waals surface area contributed by atoms with Gasteiger partial charge in [-0.3, -0.25) is 4.90 Å². The van der Waals surface area contributed by atoms with Gasteiger partial charge in [0, 0.05) is 42.5 Å². The Bertz CT molecular complexity index is 1900. The van der Waals surface area contributed by atoms with E-state index in [9.17, 15) is 27.9 Å². The van der Waals surface area contributed by atoms with Crippen molar-refractivity contribution >= 4 is 41.2 Å². The van der Waals surface area contributed by atoms with Gasteiger partial charge >= 0.3 is 18.2 Å². The summed E-state index contributed by atoms with van der Waals surface area (Å²) >= 11 is 12.5. The van der Waals surface area contributed by atoms with Gasteiger partial charge in [-0.25, -0.2) is 19.3 Å². The number of benzene rings is 2. The molecular formula is C35H35Cl2F3N6O5. The van der Waals surface area contributed by atoms with E-state index in [0.717, 1.165) is 11.6 Å². The van der Waals surface area contributed by atoms with Crippen molar-refractivity contribution in [2.75, 3.05) is 24.5 Å². The monoisotopic (exact) mass is 746 g/mol. The summed E-state index contributed by atoms with van der Waals surface area (Å²) in [5.41, 5.74) is -0.689. The molecule has 1 N–H and O–H groups in total. The highest BCUT2D eigenvalue weighted by molar-refractivity contribution is 6.30. The van der Waals surface area contributed by atoms with Gasteiger partial charge in [0.05, 0.1) is 11.4 Å². The number of anilines is 1. The first-order valence-corrected chi connectivity index (χ1v) is 17.0. The Kier molecular flexibility index (Phi) is 10.1. The Morgan fingerprint density at radius 2 is 1.76 bits per heavy atom. The lowest BCUT2D eigenvalue weighted by Crippen LogP contribution is -2.53. The number of hydrogen-bond donors (Lipinski definition) is 1. The van der Waals surface area contributed by atoms with Crippen molar-refractivity contribution in [1.82, 2.24) is 24.6 Å². The average molecular weight is 748 g/mol. The molecule has 0 aliphatic carbocycles. The van der Waals surface area contributed by atoms with Crippen LogP contribution in [0.3, 0.4) is 0 Å². The molecule has 11 nitrogen and oxygen atoms in total. The number of ether oxygens (including phenoxy) is 2. The van der Waals surface area contributed by atoms with Crippen molar-refractivity contribution in [1.29, 1.82) is 0 Å². The molecule has 2 aliphatic rings. The predicted octanol–water partition coefficient (Wildman–Crippen LogP) is 7.82. The summed E-state index contributed by atoms with van der Waals surface area (Å²) in [6, 6.07) is 15.8. The number of alkyl halides is 3. The van der Waals surface area contributed by atoms with Gasteiger partial charge in [0.1, 0.15) is 17.3 Å². The zero-order valence-electron chi connectivity index (χ0n) is 27.7. The van der Waals surface area contributed by atoms with E-state index in [1.165, 1.54) is 34.0 Å². The number of aryl methyl sites for hydroxylation is 1. The summed E-state index contributed by atoms with van der Waals surface area (Å²) in [6.45, 7) is 4.28. The first kappa shape index (κ1) is 36.2. The maximum atomic E-state index is 14.6. The number of piperidine rings is 1. The van der Waals surface area contributed by atoms with Crippen LogP contribution >= 0.6 is 23.2 Å². The van der Waals surface area contributed by atoms with Crippen molar-refractivity contribution < 1.29 is 37.3 Å². The van der Waals surface area contributed by atoms with Crippen LogP contribution in [-0.2, 0) is 16.1 Å². The first-order valence-electron chi connectivity index (χ1n) is 16.3. The van der Waals surface area contributed by atoms with Crippen molar-refractivity contribution in [3.63, 3.8) is 0 Å². The number of nitrogens with zero attached hydrogens (tertiary/aromatic N) is 6. The lowest BCUT2D eigenvalue weighted by atomic mass is 9.73. The Labute approximate surface area is 301 Å². The smallest absolute Gasteiger partial charge is 0.429 e. The number of likely N-dealkylation sites (tertiary alicyclic amines) is 1. The van der Waals surface area contributed by atoms with Crippen LogP contribution in [0, 0.1) is 12.3 Å². The number of halogens is 5. The van der Waals surface area contributed by atoms with Gasteiger partial charge < -0.3 is 19.5 Å². The van der Waals surface area contributed by atoms with Gasteiger partial charge in [-0.05, 0) is 61.8 Å². The zero-order chi connectivity index (χ0) is 36.6. The minimum Gasteiger partial charge on any atom is -0.465 e. The topological polar surface area (TPSA) is 123 Å². The van der Waals surface area contributed by atoms with Crippen LogP contribution in [0.15, 0.2) is 66.9 Å². The molecule has 0 saturated carbocycles. The predicted molar refractivity (Wildman–Crippen MR) is 182 cm³/mol. The number of rotatable bonds is 9. The van der Waals surface area contributed by atoms with Crippen LogP contribution in [0.5, 0.6) is 5.88 Å². The third kappa shape index (κ3) is 7.57. The Morgan fingerprint density at radius 3 is 2.39 bits per heavy atom. The summed E-state index contributed by atoms with van der Waals surface area (Å²) in [5.74, 6) is -0.931. The second-order valence-corrected chi connectivity index (χ2v) is 13.8. The standard InChI is InChI=1S/C35H35Cl2F3N6O5/c1-3-34(30(47)50-19-23-7-5-4-6-8-23)20-33(21-45(34)32(48)49)12-15-44(16-13-33)31-41-27(37)18-28(42-31)51-29(35(38,39)40)25-10-9-24(36)17-26(25)46-14-11-22(2)43-46/h4-11,14,17-18,29H,3,12-13,15-16,19-21H2,1-2H3,(H,48,49)/t29-,34?/m1/s1. The van der Waals surface area contributed by atoms with Crippen LogP contribution < -0.4 is 9.64 Å². The Hall–Kier alpha value is -4.56. The van der Waals surface area contributed by atoms with Gasteiger partial charge in [0.25, 0.3) is 0 Å². The van der Waals surface area contributed by atoms with Gasteiger partial charge in [0.2, 0.25) is 17.9 Å². The molecular weight excluding hydrogens is 712 g/mol. The summed E-state index contributed by atoms with van der Waals surface area (Å²) in [7, 11) is 0. The molecule has 2 fully saturated rings. The molecule has 1 amide bonds. The molecule has 270 valence electrons. The molecule has 0 radical (unpaired) electrons. The molecule has 6 rings (SSSR count). The molecule has 2 aromatic heterocycles. The number of esters is 1. The minimum absolute atomic E-state index is 0.0175. The van der Waals surface area contributed by atoms with Gasteiger partial charge in [-0.2, -0.15) is 23.3 Å². The average Bonchev–Trinajstić information content (AvgIpc) is 3.68. The van der Waals surface area contributed by atoms with E-state index < -0.39 is 41.2 Å². The molecule has 4 aromatic rings. The normalized spacial score (nSPS) is 19.3. The Morgan fingerprint density at radius 1 is 1.04 bits per heavy atom. The highest BCUT2D eigenvalue weighted by Crippen LogP contribution is 2.50. The van der Waals surface area contributed by atoms with E-state index in [2.05, 4.69) is 15.1 Å². The number of hydrogen-bond acceptors (Lipinski definition) is 8. The second-order valence-electron chi connectivity index (χ2n) is 13.0. The fourth-order valence-electron chi connectivity index (χ4n) is 7.03. The second kappa shape index (κ2) is 14.2. The number of carbonyl (C=O) groups excluding carboxylic acids is 1. The quantitative estimate of drug-likeness (QED) is 0.135. The first-order chi connectivity index (χ1) is 24.2. The number of aromatic nitrogens is 4. The molecule has 16 heteroatoms. The maximum Gasteiger partial charge on any atom is 0.429 e. The van der Waals surface area contributed by atoms with E-state index in [4.69, 9.17) is 32.7 Å². The highest BCUT2D eigenvalue weighted by atomic mass is 35.5. The summed E-state index contributed by atoms with van der Waals surface area (Å²) in [6.07, 6.45) is -5.60. The van der Waals surface area contributed by atoms with Crippen LogP contribution in [0.25, 0.3) is 5.69 Å². The number of amides is 1. The highest BCUT2D eigenvalue weighted by Gasteiger charge is 2.60. The maximum absolute atomic E-state index is 14.6. The minimum atomic E-state index is -4.87. The van der Waals surface area contributed by atoms with Crippen LogP contribution in [0.1, 0.15) is 55.5 Å². The molecule has 2 aromatic carbocycles. The third-order valence-electron chi connectivity index (χ3n) is 9.63. The molecule has 0 bridgehead atoms. The Balaban J connectivity index is 1.21. The van der Waals surface area contributed by atoms with E-state index in [1.54, 1.807) is 24.8 Å². The van der Waals surface area contributed by atoms with Crippen molar-refractivity contribution in [2.24, 2.45) is 5.41 Å². The van der Waals surface area contributed by atoms with E-state index in [1.807, 2.05) is 30.3 Å². The summed E-state index contributed by atoms with van der Waals surface area (Å²) < 4.78 is 56.4. The van der Waals surface area contributed by atoms with Gasteiger partial charge in [0.15, 0.2) is 0 Å². The van der Waals surface area contributed by atoms with Crippen molar-refractivity contribution in [3.8, 4) is 11.6 Å².